The minimum atomic E-state index is -4.59. The van der Waals surface area contributed by atoms with Crippen LogP contribution in [0.4, 0.5) is 13.2 Å². The van der Waals surface area contributed by atoms with Gasteiger partial charge in [0.1, 0.15) is 0 Å². The summed E-state index contributed by atoms with van der Waals surface area (Å²) in [6.45, 7) is 3.71. The van der Waals surface area contributed by atoms with Gasteiger partial charge in [-0.1, -0.05) is 18.2 Å². The highest BCUT2D eigenvalue weighted by Gasteiger charge is 2.34. The molecule has 6 nitrogen and oxygen atoms in total. The average Bonchev–Trinajstić information content (AvgIpc) is 2.74. The molecule has 1 saturated heterocycles. The van der Waals surface area contributed by atoms with E-state index in [2.05, 4.69) is 14.9 Å². The Bertz CT molecular complexity index is 1210. The van der Waals surface area contributed by atoms with Crippen molar-refractivity contribution >= 4 is 21.1 Å². The number of benzene rings is 2. The van der Waals surface area contributed by atoms with E-state index in [4.69, 9.17) is 0 Å². The second-order valence-electron chi connectivity index (χ2n) is 7.45. The molecule has 0 N–H and O–H groups in total. The molecule has 2 heterocycles. The van der Waals surface area contributed by atoms with Gasteiger partial charge in [-0.25, -0.2) is 18.4 Å². The van der Waals surface area contributed by atoms with Gasteiger partial charge in [-0.15, -0.1) is 0 Å². The first-order valence-corrected chi connectivity index (χ1v) is 11.2. The number of nitrogens with zero attached hydrogens (tertiary/aromatic N) is 4. The van der Waals surface area contributed by atoms with E-state index in [0.29, 0.717) is 25.7 Å². The smallest absolute Gasteiger partial charge is 0.295 e. The molecule has 4 rings (SSSR count). The van der Waals surface area contributed by atoms with Crippen molar-refractivity contribution in [3.63, 3.8) is 0 Å². The zero-order valence-corrected chi connectivity index (χ0v) is 17.6. The summed E-state index contributed by atoms with van der Waals surface area (Å²) < 4.78 is 65.8. The van der Waals surface area contributed by atoms with Crippen molar-refractivity contribution in [2.75, 3.05) is 26.2 Å². The molecule has 1 aliphatic rings. The van der Waals surface area contributed by atoms with Crippen molar-refractivity contribution in [3.8, 4) is 0 Å². The maximum atomic E-state index is 13.0. The van der Waals surface area contributed by atoms with E-state index in [1.807, 2.05) is 31.2 Å². The molecule has 1 fully saturated rings. The largest absolute Gasteiger partial charge is 0.416 e. The minimum absolute atomic E-state index is 0.193. The summed E-state index contributed by atoms with van der Waals surface area (Å²) in [5.74, 6) is 0. The Morgan fingerprint density at radius 1 is 0.935 bits per heavy atom. The summed E-state index contributed by atoms with van der Waals surface area (Å²) >= 11 is 0. The number of halogens is 3. The second kappa shape index (κ2) is 8.18. The molecule has 0 saturated carbocycles. The van der Waals surface area contributed by atoms with Gasteiger partial charge >= 0.3 is 6.18 Å². The highest BCUT2D eigenvalue weighted by atomic mass is 32.2. The average molecular weight is 450 g/mol. The molecule has 1 aliphatic heterocycles. The number of para-hydroxylation sites is 2. The van der Waals surface area contributed by atoms with Crippen molar-refractivity contribution in [1.29, 1.82) is 0 Å². The van der Waals surface area contributed by atoms with E-state index in [1.165, 1.54) is 10.4 Å². The molecular formula is C21H21F3N4O2S. The van der Waals surface area contributed by atoms with Gasteiger partial charge in [-0.2, -0.15) is 17.5 Å². The van der Waals surface area contributed by atoms with Gasteiger partial charge in [-0.05, 0) is 37.3 Å². The van der Waals surface area contributed by atoms with Crippen molar-refractivity contribution in [2.45, 2.75) is 24.5 Å². The van der Waals surface area contributed by atoms with Crippen LogP contribution in [0.3, 0.4) is 0 Å². The van der Waals surface area contributed by atoms with Crippen LogP contribution >= 0.6 is 0 Å². The molecule has 10 heteroatoms. The van der Waals surface area contributed by atoms with Crippen LogP contribution in [0.25, 0.3) is 11.0 Å². The lowest BCUT2D eigenvalue weighted by Crippen LogP contribution is -2.48. The molecule has 0 atom stereocenters. The molecule has 3 aromatic rings. The number of alkyl halides is 3. The molecule has 0 aliphatic carbocycles. The van der Waals surface area contributed by atoms with Crippen LogP contribution in [0.1, 0.15) is 17.0 Å². The van der Waals surface area contributed by atoms with Crippen LogP contribution in [0, 0.1) is 6.92 Å². The second-order valence-corrected chi connectivity index (χ2v) is 9.39. The fourth-order valence-corrected chi connectivity index (χ4v) is 5.06. The van der Waals surface area contributed by atoms with Gasteiger partial charge in [0.15, 0.2) is 0 Å². The topological polar surface area (TPSA) is 66.4 Å². The zero-order valence-electron chi connectivity index (χ0n) is 16.8. The Labute approximate surface area is 178 Å². The molecule has 164 valence electrons. The number of rotatable bonds is 4. The van der Waals surface area contributed by atoms with E-state index < -0.39 is 21.8 Å². The predicted molar refractivity (Wildman–Crippen MR) is 110 cm³/mol. The Morgan fingerprint density at radius 2 is 1.58 bits per heavy atom. The number of aryl methyl sites for hydroxylation is 1. The molecule has 0 bridgehead atoms. The van der Waals surface area contributed by atoms with Crippen LogP contribution in [0.15, 0.2) is 53.4 Å². The monoisotopic (exact) mass is 450 g/mol. The van der Waals surface area contributed by atoms with Gasteiger partial charge in [-0.3, -0.25) is 4.90 Å². The Kier molecular flexibility index (Phi) is 5.71. The Hall–Kier alpha value is -2.56. The quantitative estimate of drug-likeness (QED) is 0.609. The summed E-state index contributed by atoms with van der Waals surface area (Å²) in [6, 6.07) is 11.5. The first kappa shape index (κ1) is 21.7. The third-order valence-corrected chi connectivity index (χ3v) is 7.24. The summed E-state index contributed by atoms with van der Waals surface area (Å²) in [5.41, 5.74) is 2.29. The number of fused-ring (bicyclic) bond motifs is 1. The van der Waals surface area contributed by atoms with Gasteiger partial charge in [0.2, 0.25) is 10.0 Å². The van der Waals surface area contributed by atoms with E-state index in [-0.39, 0.29) is 18.0 Å². The maximum Gasteiger partial charge on any atom is 0.416 e. The SMILES string of the molecule is Cc1nc2ccccc2nc1CN1CCN(S(=O)(=O)c2cccc(C(F)(F)F)c2)CC1. The van der Waals surface area contributed by atoms with Gasteiger partial charge in [0.05, 0.1) is 32.9 Å². The molecule has 0 amide bonds. The third kappa shape index (κ3) is 4.56. The number of sulfonamides is 1. The molecular weight excluding hydrogens is 429 g/mol. The van der Waals surface area contributed by atoms with E-state index in [9.17, 15) is 21.6 Å². The number of aromatic nitrogens is 2. The summed E-state index contributed by atoms with van der Waals surface area (Å²) in [7, 11) is -4.00. The number of hydrogen-bond donors (Lipinski definition) is 0. The Balaban J connectivity index is 1.46. The van der Waals surface area contributed by atoms with Gasteiger partial charge in [0.25, 0.3) is 0 Å². The normalized spacial score (nSPS) is 16.6. The first-order chi connectivity index (χ1) is 14.6. The van der Waals surface area contributed by atoms with Gasteiger partial charge < -0.3 is 0 Å². The summed E-state index contributed by atoms with van der Waals surface area (Å²) in [4.78, 5) is 11.0. The van der Waals surface area contributed by atoms with E-state index >= 15 is 0 Å². The summed E-state index contributed by atoms with van der Waals surface area (Å²) in [6.07, 6.45) is -4.59. The van der Waals surface area contributed by atoms with E-state index in [1.54, 1.807) is 0 Å². The third-order valence-electron chi connectivity index (χ3n) is 5.35. The highest BCUT2D eigenvalue weighted by Crippen LogP contribution is 2.31. The van der Waals surface area contributed by atoms with Crippen LogP contribution in [0.2, 0.25) is 0 Å². The number of hydrogen-bond acceptors (Lipinski definition) is 5. The van der Waals surface area contributed by atoms with Crippen LogP contribution in [-0.2, 0) is 22.7 Å². The standard InChI is InChI=1S/C21H21F3N4O2S/c1-15-20(26-19-8-3-2-7-18(19)25-15)14-27-9-11-28(12-10-27)31(29,30)17-6-4-5-16(13-17)21(22,23)24/h2-8,13H,9-12,14H2,1H3. The van der Waals surface area contributed by atoms with Crippen molar-refractivity contribution in [3.05, 3.63) is 65.5 Å². The lowest BCUT2D eigenvalue weighted by molar-refractivity contribution is -0.137. The van der Waals surface area contributed by atoms with Crippen LogP contribution in [-0.4, -0.2) is 53.8 Å². The minimum Gasteiger partial charge on any atom is -0.295 e. The predicted octanol–water partition coefficient (Wildman–Crippen LogP) is 3.46. The molecule has 1 aromatic heterocycles. The highest BCUT2D eigenvalue weighted by molar-refractivity contribution is 7.89. The molecule has 0 spiro atoms. The number of piperazine rings is 1. The van der Waals surface area contributed by atoms with Crippen molar-refractivity contribution in [2.24, 2.45) is 0 Å². The first-order valence-electron chi connectivity index (χ1n) is 9.76. The van der Waals surface area contributed by atoms with Crippen LogP contribution < -0.4 is 0 Å². The van der Waals surface area contributed by atoms with E-state index in [0.717, 1.165) is 34.6 Å². The van der Waals surface area contributed by atoms with Crippen LogP contribution in [0.5, 0.6) is 0 Å². The fraction of sp³-hybridized carbons (Fsp3) is 0.333. The molecule has 31 heavy (non-hydrogen) atoms. The van der Waals surface area contributed by atoms with Crippen molar-refractivity contribution < 1.29 is 21.6 Å². The molecule has 2 aromatic carbocycles. The zero-order chi connectivity index (χ0) is 22.2. The fourth-order valence-electron chi connectivity index (χ4n) is 3.60. The summed E-state index contributed by atoms with van der Waals surface area (Å²) in [5, 5.41) is 0. The van der Waals surface area contributed by atoms with Gasteiger partial charge in [0, 0.05) is 32.7 Å². The Morgan fingerprint density at radius 3 is 2.23 bits per heavy atom. The van der Waals surface area contributed by atoms with Crippen molar-refractivity contribution in [1.82, 2.24) is 19.2 Å². The molecule has 0 unspecified atom stereocenters. The lowest BCUT2D eigenvalue weighted by atomic mass is 10.2. The lowest BCUT2D eigenvalue weighted by Gasteiger charge is -2.34. The maximum absolute atomic E-state index is 13.0. The molecule has 0 radical (unpaired) electrons.